The molecule has 2 rings (SSSR count). The van der Waals surface area contributed by atoms with Crippen LogP contribution in [0, 0.1) is 11.6 Å². The second-order valence-electron chi connectivity index (χ2n) is 4.96. The first-order valence-corrected chi connectivity index (χ1v) is 6.93. The minimum atomic E-state index is -0.841. The van der Waals surface area contributed by atoms with Crippen LogP contribution in [0.4, 0.5) is 8.78 Å². The van der Waals surface area contributed by atoms with E-state index in [0.717, 1.165) is 31.4 Å². The number of amides is 1. The highest BCUT2D eigenvalue weighted by Gasteiger charge is 2.21. The summed E-state index contributed by atoms with van der Waals surface area (Å²) in [5.41, 5.74) is -0.351. The zero-order chi connectivity index (χ0) is 14.7. The second-order valence-corrected chi connectivity index (χ2v) is 5.36. The van der Waals surface area contributed by atoms with Crippen molar-refractivity contribution in [2.24, 2.45) is 0 Å². The average molecular weight is 304 g/mol. The number of hydrogen-bond donors (Lipinski definition) is 1. The lowest BCUT2D eigenvalue weighted by Gasteiger charge is -2.27. The number of hydrogen-bond acceptors (Lipinski definition) is 2. The van der Waals surface area contributed by atoms with E-state index < -0.39 is 17.5 Å². The first-order chi connectivity index (χ1) is 9.47. The van der Waals surface area contributed by atoms with Gasteiger partial charge in [-0.2, -0.15) is 0 Å². The molecule has 20 heavy (non-hydrogen) atoms. The molecule has 0 radical (unpaired) electrons. The summed E-state index contributed by atoms with van der Waals surface area (Å²) in [6.45, 7) is 2.26. The summed E-state index contributed by atoms with van der Waals surface area (Å²) in [7, 11) is 0. The quantitative estimate of drug-likeness (QED) is 0.870. The summed E-state index contributed by atoms with van der Waals surface area (Å²) in [5.74, 6) is -2.33. The van der Waals surface area contributed by atoms with Crippen LogP contribution in [0.5, 0.6) is 0 Å². The third kappa shape index (κ3) is 3.67. The molecule has 1 aliphatic rings. The molecule has 1 N–H and O–H groups in total. The Morgan fingerprint density at radius 2 is 2.15 bits per heavy atom. The molecule has 1 aromatic carbocycles. The zero-order valence-electron chi connectivity index (χ0n) is 11.1. The fraction of sp³-hybridized carbons (Fsp3) is 0.500. The third-order valence-electron chi connectivity index (χ3n) is 3.31. The van der Waals surface area contributed by atoms with Gasteiger partial charge in [-0.3, -0.25) is 4.79 Å². The van der Waals surface area contributed by atoms with Gasteiger partial charge in [0.05, 0.1) is 22.8 Å². The number of carbonyl (C=O) groups excluding carboxylic acids is 1. The summed E-state index contributed by atoms with van der Waals surface area (Å²) in [6.07, 6.45) is 2.97. The number of benzene rings is 1. The van der Waals surface area contributed by atoms with Crippen LogP contribution in [0.2, 0.25) is 5.02 Å². The second kappa shape index (κ2) is 6.50. The van der Waals surface area contributed by atoms with Gasteiger partial charge in [-0.1, -0.05) is 11.6 Å². The molecular formula is C14H16ClF2NO2. The standard InChI is InChI=1S/C14H16ClF2NO2/c1-8-3-2-4-9(20-8)7-18-14(19)10-5-13(17)11(15)6-12(10)16/h5-6,8-9H,2-4,7H2,1H3,(H,18,19). The highest BCUT2D eigenvalue weighted by Crippen LogP contribution is 2.20. The van der Waals surface area contributed by atoms with Gasteiger partial charge in [0.1, 0.15) is 11.6 Å². The Hall–Kier alpha value is -1.20. The van der Waals surface area contributed by atoms with Crippen LogP contribution in [0.1, 0.15) is 36.5 Å². The summed E-state index contributed by atoms with van der Waals surface area (Å²) >= 11 is 5.44. The van der Waals surface area contributed by atoms with E-state index in [1.165, 1.54) is 0 Å². The first-order valence-electron chi connectivity index (χ1n) is 6.55. The van der Waals surface area contributed by atoms with Crippen LogP contribution in [0.15, 0.2) is 12.1 Å². The summed E-state index contributed by atoms with van der Waals surface area (Å²) in [5, 5.41) is 2.22. The van der Waals surface area contributed by atoms with E-state index in [-0.39, 0.29) is 29.3 Å². The van der Waals surface area contributed by atoms with E-state index in [1.54, 1.807) is 0 Å². The molecule has 0 spiro atoms. The van der Waals surface area contributed by atoms with Crippen molar-refractivity contribution in [3.8, 4) is 0 Å². The molecule has 2 unspecified atom stereocenters. The number of nitrogens with one attached hydrogen (secondary N) is 1. The first kappa shape index (κ1) is 15.2. The van der Waals surface area contributed by atoms with Crippen molar-refractivity contribution in [2.45, 2.75) is 38.4 Å². The average Bonchev–Trinajstić information content (AvgIpc) is 2.40. The number of carbonyl (C=O) groups is 1. The van der Waals surface area contributed by atoms with Crippen LogP contribution >= 0.6 is 11.6 Å². The van der Waals surface area contributed by atoms with Crippen molar-refractivity contribution in [1.82, 2.24) is 5.32 Å². The maximum atomic E-state index is 13.6. The molecule has 3 nitrogen and oxygen atoms in total. The SMILES string of the molecule is CC1CCCC(CNC(=O)c2cc(F)c(Cl)cc2F)O1. The lowest BCUT2D eigenvalue weighted by Crippen LogP contribution is -2.37. The lowest BCUT2D eigenvalue weighted by atomic mass is 10.0. The molecule has 0 aromatic heterocycles. The van der Waals surface area contributed by atoms with Gasteiger partial charge < -0.3 is 10.1 Å². The van der Waals surface area contributed by atoms with Gasteiger partial charge in [0.2, 0.25) is 0 Å². The van der Waals surface area contributed by atoms with Crippen molar-refractivity contribution >= 4 is 17.5 Å². The van der Waals surface area contributed by atoms with Gasteiger partial charge in [0.25, 0.3) is 5.91 Å². The molecule has 0 bridgehead atoms. The van der Waals surface area contributed by atoms with E-state index in [0.29, 0.717) is 0 Å². The van der Waals surface area contributed by atoms with Crippen molar-refractivity contribution in [2.75, 3.05) is 6.54 Å². The minimum absolute atomic E-state index is 0.0806. The molecule has 0 aliphatic carbocycles. The maximum Gasteiger partial charge on any atom is 0.254 e. The van der Waals surface area contributed by atoms with Crippen LogP contribution in [0.25, 0.3) is 0 Å². The molecule has 110 valence electrons. The minimum Gasteiger partial charge on any atom is -0.373 e. The number of halogens is 3. The number of rotatable bonds is 3. The van der Waals surface area contributed by atoms with Gasteiger partial charge in [-0.15, -0.1) is 0 Å². The molecule has 6 heteroatoms. The van der Waals surface area contributed by atoms with E-state index in [1.807, 2.05) is 6.92 Å². The van der Waals surface area contributed by atoms with Gasteiger partial charge in [-0.25, -0.2) is 8.78 Å². The molecule has 1 saturated heterocycles. The van der Waals surface area contributed by atoms with Gasteiger partial charge in [0, 0.05) is 6.54 Å². The summed E-state index contributed by atoms with van der Waals surface area (Å²) in [4.78, 5) is 11.8. The molecule has 0 saturated carbocycles. The molecule has 2 atom stereocenters. The van der Waals surface area contributed by atoms with Crippen LogP contribution in [0.3, 0.4) is 0 Å². The molecule has 1 amide bonds. The fourth-order valence-electron chi connectivity index (χ4n) is 2.25. The Labute approximate surface area is 121 Å². The topological polar surface area (TPSA) is 38.3 Å². The Morgan fingerprint density at radius 3 is 2.85 bits per heavy atom. The van der Waals surface area contributed by atoms with Gasteiger partial charge in [0.15, 0.2) is 0 Å². The van der Waals surface area contributed by atoms with Crippen molar-refractivity contribution < 1.29 is 18.3 Å². The van der Waals surface area contributed by atoms with Crippen LogP contribution < -0.4 is 5.32 Å². The van der Waals surface area contributed by atoms with E-state index in [4.69, 9.17) is 16.3 Å². The predicted molar refractivity (Wildman–Crippen MR) is 71.9 cm³/mol. The van der Waals surface area contributed by atoms with Crippen molar-refractivity contribution in [3.63, 3.8) is 0 Å². The van der Waals surface area contributed by atoms with Crippen molar-refractivity contribution in [1.29, 1.82) is 0 Å². The highest BCUT2D eigenvalue weighted by molar-refractivity contribution is 6.30. The Kier molecular flexibility index (Phi) is 4.94. The smallest absolute Gasteiger partial charge is 0.254 e. The Balaban J connectivity index is 1.96. The van der Waals surface area contributed by atoms with Crippen LogP contribution in [-0.2, 0) is 4.74 Å². The van der Waals surface area contributed by atoms with Crippen LogP contribution in [-0.4, -0.2) is 24.7 Å². The summed E-state index contributed by atoms with van der Waals surface area (Å²) in [6, 6.07) is 1.60. The molecule has 1 heterocycles. The summed E-state index contributed by atoms with van der Waals surface area (Å²) < 4.78 is 32.5. The predicted octanol–water partition coefficient (Wildman–Crippen LogP) is 3.31. The zero-order valence-corrected chi connectivity index (χ0v) is 11.8. The highest BCUT2D eigenvalue weighted by atomic mass is 35.5. The number of ether oxygens (including phenoxy) is 1. The van der Waals surface area contributed by atoms with E-state index >= 15 is 0 Å². The monoisotopic (exact) mass is 303 g/mol. The van der Waals surface area contributed by atoms with E-state index in [9.17, 15) is 13.6 Å². The fourth-order valence-corrected chi connectivity index (χ4v) is 2.40. The van der Waals surface area contributed by atoms with Gasteiger partial charge in [-0.05, 0) is 38.3 Å². The molecule has 1 fully saturated rings. The van der Waals surface area contributed by atoms with E-state index in [2.05, 4.69) is 5.32 Å². The normalized spacial score (nSPS) is 22.6. The molecular weight excluding hydrogens is 288 g/mol. The molecule has 1 aromatic rings. The molecule has 1 aliphatic heterocycles. The Morgan fingerprint density at radius 1 is 1.40 bits per heavy atom. The maximum absolute atomic E-state index is 13.6. The Bertz CT molecular complexity index is 510. The largest absolute Gasteiger partial charge is 0.373 e. The van der Waals surface area contributed by atoms with Gasteiger partial charge >= 0.3 is 0 Å². The lowest BCUT2D eigenvalue weighted by molar-refractivity contribution is -0.0374. The van der Waals surface area contributed by atoms with Crippen molar-refractivity contribution in [3.05, 3.63) is 34.4 Å². The third-order valence-corrected chi connectivity index (χ3v) is 3.60.